The summed E-state index contributed by atoms with van der Waals surface area (Å²) < 4.78 is 32.8. The van der Waals surface area contributed by atoms with E-state index in [2.05, 4.69) is 0 Å². The predicted octanol–water partition coefficient (Wildman–Crippen LogP) is 4.97. The van der Waals surface area contributed by atoms with E-state index < -0.39 is 11.6 Å². The number of ether oxygens (including phenoxy) is 1. The van der Waals surface area contributed by atoms with Crippen LogP contribution in [-0.2, 0) is 0 Å². The van der Waals surface area contributed by atoms with Crippen molar-refractivity contribution in [2.24, 2.45) is 0 Å². The number of fused-ring (bicyclic) bond motifs is 1. The lowest BCUT2D eigenvalue weighted by Crippen LogP contribution is -1.88. The standard InChI is InChI=1S/C14H8F2OS/c15-9-5-6-12(11(16)7-9)17-13-8-18-14-4-2-1-3-10(13)14/h1-8H. The van der Waals surface area contributed by atoms with Gasteiger partial charge in [0.15, 0.2) is 11.6 Å². The fourth-order valence-electron chi connectivity index (χ4n) is 1.71. The van der Waals surface area contributed by atoms with E-state index in [9.17, 15) is 8.78 Å². The first-order chi connectivity index (χ1) is 8.74. The SMILES string of the molecule is Fc1ccc(Oc2csc3ccccc23)c(F)c1. The maximum absolute atomic E-state index is 13.5. The molecule has 0 atom stereocenters. The molecule has 0 spiro atoms. The van der Waals surface area contributed by atoms with Crippen LogP contribution >= 0.6 is 11.3 Å². The molecule has 0 saturated heterocycles. The molecular weight excluding hydrogens is 254 g/mol. The zero-order valence-electron chi connectivity index (χ0n) is 9.19. The van der Waals surface area contributed by atoms with E-state index in [-0.39, 0.29) is 5.75 Å². The van der Waals surface area contributed by atoms with Gasteiger partial charge in [-0.2, -0.15) is 0 Å². The molecule has 3 rings (SSSR count). The van der Waals surface area contributed by atoms with Crippen LogP contribution in [0.5, 0.6) is 11.5 Å². The maximum atomic E-state index is 13.5. The lowest BCUT2D eigenvalue weighted by atomic mass is 10.2. The molecule has 90 valence electrons. The van der Waals surface area contributed by atoms with Gasteiger partial charge in [0, 0.05) is 21.5 Å². The summed E-state index contributed by atoms with van der Waals surface area (Å²) in [5.74, 6) is -0.707. The van der Waals surface area contributed by atoms with E-state index in [1.54, 1.807) is 0 Å². The predicted molar refractivity (Wildman–Crippen MR) is 68.3 cm³/mol. The molecule has 3 aromatic rings. The van der Waals surface area contributed by atoms with Crippen LogP contribution in [-0.4, -0.2) is 0 Å². The van der Waals surface area contributed by atoms with Gasteiger partial charge in [-0.15, -0.1) is 11.3 Å². The Bertz CT molecular complexity index is 706. The van der Waals surface area contributed by atoms with Crippen molar-refractivity contribution in [3.8, 4) is 11.5 Å². The molecule has 0 fully saturated rings. The number of hydrogen-bond donors (Lipinski definition) is 0. The van der Waals surface area contributed by atoms with Gasteiger partial charge in [0.2, 0.25) is 0 Å². The van der Waals surface area contributed by atoms with Crippen LogP contribution < -0.4 is 4.74 Å². The third-order valence-electron chi connectivity index (χ3n) is 2.56. The Morgan fingerprint density at radius 1 is 0.944 bits per heavy atom. The Balaban J connectivity index is 2.01. The number of benzene rings is 2. The normalized spacial score (nSPS) is 10.8. The highest BCUT2D eigenvalue weighted by Gasteiger charge is 2.09. The molecule has 0 aliphatic rings. The Kier molecular flexibility index (Phi) is 2.72. The summed E-state index contributed by atoms with van der Waals surface area (Å²) in [4.78, 5) is 0. The van der Waals surface area contributed by atoms with Crippen LogP contribution in [0, 0.1) is 11.6 Å². The van der Waals surface area contributed by atoms with Crippen molar-refractivity contribution in [2.75, 3.05) is 0 Å². The summed E-state index contributed by atoms with van der Waals surface area (Å²) in [5.41, 5.74) is 0. The van der Waals surface area contributed by atoms with Crippen LogP contribution in [0.25, 0.3) is 10.1 Å². The molecule has 0 bridgehead atoms. The van der Waals surface area contributed by atoms with Crippen molar-refractivity contribution in [1.29, 1.82) is 0 Å². The van der Waals surface area contributed by atoms with E-state index in [1.165, 1.54) is 23.5 Å². The molecular formula is C14H8F2OS. The van der Waals surface area contributed by atoms with Gasteiger partial charge >= 0.3 is 0 Å². The monoisotopic (exact) mass is 262 g/mol. The van der Waals surface area contributed by atoms with Gasteiger partial charge in [-0.3, -0.25) is 0 Å². The molecule has 0 aliphatic heterocycles. The van der Waals surface area contributed by atoms with Crippen molar-refractivity contribution in [1.82, 2.24) is 0 Å². The van der Waals surface area contributed by atoms with Crippen molar-refractivity contribution in [2.45, 2.75) is 0 Å². The number of rotatable bonds is 2. The maximum Gasteiger partial charge on any atom is 0.168 e. The van der Waals surface area contributed by atoms with Gasteiger partial charge in [-0.25, -0.2) is 8.78 Å². The Morgan fingerprint density at radius 3 is 2.61 bits per heavy atom. The number of hydrogen-bond acceptors (Lipinski definition) is 2. The van der Waals surface area contributed by atoms with Gasteiger partial charge in [-0.1, -0.05) is 12.1 Å². The van der Waals surface area contributed by atoms with E-state index in [4.69, 9.17) is 4.74 Å². The van der Waals surface area contributed by atoms with E-state index >= 15 is 0 Å². The molecule has 0 N–H and O–H groups in total. The highest BCUT2D eigenvalue weighted by atomic mass is 32.1. The first-order valence-electron chi connectivity index (χ1n) is 5.33. The fourth-order valence-corrected chi connectivity index (χ4v) is 2.57. The molecule has 4 heteroatoms. The molecule has 0 aliphatic carbocycles. The molecule has 0 amide bonds. The average Bonchev–Trinajstić information content (AvgIpc) is 2.76. The van der Waals surface area contributed by atoms with Crippen molar-refractivity contribution in [3.63, 3.8) is 0 Å². The molecule has 1 heterocycles. The topological polar surface area (TPSA) is 9.23 Å². The first-order valence-corrected chi connectivity index (χ1v) is 6.21. The lowest BCUT2D eigenvalue weighted by molar-refractivity contribution is 0.443. The summed E-state index contributed by atoms with van der Waals surface area (Å²) in [6.45, 7) is 0. The minimum absolute atomic E-state index is 0.0277. The molecule has 18 heavy (non-hydrogen) atoms. The lowest BCUT2D eigenvalue weighted by Gasteiger charge is -2.05. The van der Waals surface area contributed by atoms with Crippen LogP contribution in [0.1, 0.15) is 0 Å². The minimum atomic E-state index is -0.703. The summed E-state index contributed by atoms with van der Waals surface area (Å²) in [5, 5.41) is 2.74. The quantitative estimate of drug-likeness (QED) is 0.633. The largest absolute Gasteiger partial charge is 0.453 e. The third kappa shape index (κ3) is 1.95. The van der Waals surface area contributed by atoms with Gasteiger partial charge in [-0.05, 0) is 24.3 Å². The van der Waals surface area contributed by atoms with E-state index in [1.807, 2.05) is 29.6 Å². The van der Waals surface area contributed by atoms with Crippen LogP contribution in [0.4, 0.5) is 8.78 Å². The Morgan fingerprint density at radius 2 is 1.78 bits per heavy atom. The first kappa shape index (κ1) is 11.2. The van der Waals surface area contributed by atoms with E-state index in [0.717, 1.165) is 16.2 Å². The van der Waals surface area contributed by atoms with Crippen LogP contribution in [0.2, 0.25) is 0 Å². The smallest absolute Gasteiger partial charge is 0.168 e. The average molecular weight is 262 g/mol. The van der Waals surface area contributed by atoms with Gasteiger partial charge in [0.25, 0.3) is 0 Å². The van der Waals surface area contributed by atoms with Gasteiger partial charge < -0.3 is 4.74 Å². The molecule has 0 radical (unpaired) electrons. The minimum Gasteiger partial charge on any atom is -0.453 e. The zero-order chi connectivity index (χ0) is 12.5. The fraction of sp³-hybridized carbons (Fsp3) is 0. The second-order valence-corrected chi connectivity index (χ2v) is 4.68. The van der Waals surface area contributed by atoms with E-state index in [0.29, 0.717) is 5.75 Å². The van der Waals surface area contributed by atoms with Crippen molar-refractivity contribution < 1.29 is 13.5 Å². The summed E-state index contributed by atoms with van der Waals surface area (Å²) >= 11 is 1.52. The van der Waals surface area contributed by atoms with Gasteiger partial charge in [0.1, 0.15) is 11.6 Å². The van der Waals surface area contributed by atoms with Gasteiger partial charge in [0.05, 0.1) is 0 Å². The molecule has 1 aromatic heterocycles. The van der Waals surface area contributed by atoms with Crippen LogP contribution in [0.3, 0.4) is 0 Å². The summed E-state index contributed by atoms with van der Waals surface area (Å²) in [6.07, 6.45) is 0. The van der Waals surface area contributed by atoms with Crippen molar-refractivity contribution in [3.05, 3.63) is 59.5 Å². The molecule has 2 aromatic carbocycles. The number of halogens is 2. The second-order valence-electron chi connectivity index (χ2n) is 3.77. The highest BCUT2D eigenvalue weighted by molar-refractivity contribution is 7.17. The highest BCUT2D eigenvalue weighted by Crippen LogP contribution is 2.35. The van der Waals surface area contributed by atoms with Crippen molar-refractivity contribution >= 4 is 21.4 Å². The molecule has 0 unspecified atom stereocenters. The van der Waals surface area contributed by atoms with Crippen LogP contribution in [0.15, 0.2) is 47.8 Å². The molecule has 0 saturated carbocycles. The number of thiophene rings is 1. The second kappa shape index (κ2) is 4.38. The zero-order valence-corrected chi connectivity index (χ0v) is 10.0. The molecule has 1 nitrogen and oxygen atoms in total. The summed E-state index contributed by atoms with van der Waals surface area (Å²) in [6, 6.07) is 11.0. The summed E-state index contributed by atoms with van der Waals surface area (Å²) in [7, 11) is 0. The Hall–Kier alpha value is -1.94. The Labute approximate surface area is 106 Å². The third-order valence-corrected chi connectivity index (χ3v) is 3.50.